The summed E-state index contributed by atoms with van der Waals surface area (Å²) in [6, 6.07) is 1.87. The quantitative estimate of drug-likeness (QED) is 0.402. The number of hydrogen-bond acceptors (Lipinski definition) is 5. The van der Waals surface area contributed by atoms with E-state index in [1.807, 2.05) is 24.3 Å². The second kappa shape index (κ2) is 7.87. The van der Waals surface area contributed by atoms with Crippen LogP contribution in [0, 0.1) is 0 Å². The molecule has 1 aromatic heterocycles. The molecule has 1 aliphatic rings. The Bertz CT molecular complexity index is 588. The van der Waals surface area contributed by atoms with Crippen LogP contribution in [-0.4, -0.2) is 25.2 Å². The molecule has 0 aromatic carbocycles. The van der Waals surface area contributed by atoms with Gasteiger partial charge in [0.15, 0.2) is 0 Å². The Balaban J connectivity index is 2.41. The number of aromatic nitrogens is 1. The average Bonchev–Trinajstić information content (AvgIpc) is 3.00. The summed E-state index contributed by atoms with van der Waals surface area (Å²) < 4.78 is 15.6. The molecule has 0 N–H and O–H groups in total. The molecule has 5 nitrogen and oxygen atoms in total. The van der Waals surface area contributed by atoms with Crippen molar-refractivity contribution in [3.63, 3.8) is 0 Å². The third kappa shape index (κ3) is 3.81. The maximum Gasteiger partial charge on any atom is 0.339 e. The minimum Gasteiger partial charge on any atom is -0.500 e. The van der Waals surface area contributed by atoms with E-state index in [2.05, 4.69) is 27.0 Å². The largest absolute Gasteiger partial charge is 0.500 e. The van der Waals surface area contributed by atoms with Gasteiger partial charge in [-0.15, -0.1) is 0 Å². The molecule has 0 aliphatic heterocycles. The number of methoxy groups -OCH3 is 2. The molecule has 1 heterocycles. The molecular weight excluding hydrogens is 404 g/mol. The van der Waals surface area contributed by atoms with Crippen molar-refractivity contribution >= 4 is 34.5 Å². The number of nitrogens with zero attached hydrogens (tertiary/aromatic N) is 1. The van der Waals surface area contributed by atoms with Crippen molar-refractivity contribution in [2.24, 2.45) is 0 Å². The van der Waals surface area contributed by atoms with Crippen molar-refractivity contribution < 1.29 is 18.8 Å². The molecule has 2 atom stereocenters. The van der Waals surface area contributed by atoms with Crippen LogP contribution < -0.4 is 0 Å². The van der Waals surface area contributed by atoms with Crippen LogP contribution in [0.1, 0.15) is 27.5 Å². The van der Waals surface area contributed by atoms with Gasteiger partial charge in [-0.2, -0.15) is 0 Å². The first-order chi connectivity index (χ1) is 10.2. The summed E-state index contributed by atoms with van der Waals surface area (Å²) in [7, 11) is 2.98. The molecule has 0 fully saturated rings. The summed E-state index contributed by atoms with van der Waals surface area (Å²) in [5, 5.41) is 0. The molecule has 0 saturated heterocycles. The van der Waals surface area contributed by atoms with Crippen molar-refractivity contribution in [1.82, 2.24) is 4.98 Å². The highest BCUT2D eigenvalue weighted by Crippen LogP contribution is 2.33. The van der Waals surface area contributed by atoms with E-state index >= 15 is 0 Å². The number of esters is 1. The van der Waals surface area contributed by atoms with E-state index in [-0.39, 0.29) is 5.92 Å². The van der Waals surface area contributed by atoms with Crippen LogP contribution >= 0.6 is 28.5 Å². The summed E-state index contributed by atoms with van der Waals surface area (Å²) in [5.74, 6) is 0.276. The minimum absolute atomic E-state index is 0.104. The Morgan fingerprint density at radius 1 is 1.48 bits per heavy atom. The van der Waals surface area contributed by atoms with Gasteiger partial charge in [-0.3, -0.25) is 4.98 Å². The molecular formula is C14H15INO4P. The highest BCUT2D eigenvalue weighted by Gasteiger charge is 2.24. The Morgan fingerprint density at radius 3 is 2.95 bits per heavy atom. The van der Waals surface area contributed by atoms with E-state index in [9.17, 15) is 4.79 Å². The molecule has 0 spiro atoms. The van der Waals surface area contributed by atoms with Crippen molar-refractivity contribution in [2.75, 3.05) is 14.2 Å². The van der Waals surface area contributed by atoms with Gasteiger partial charge in [0, 0.05) is 6.20 Å². The number of ether oxygens (including phenoxy) is 2. The van der Waals surface area contributed by atoms with E-state index in [1.54, 1.807) is 7.11 Å². The number of allylic oxidation sites excluding steroid dienone is 3. The molecule has 1 aromatic rings. The Hall–Kier alpha value is -0.980. The molecule has 7 heteroatoms. The van der Waals surface area contributed by atoms with Gasteiger partial charge >= 0.3 is 5.97 Å². The lowest BCUT2D eigenvalue weighted by Crippen LogP contribution is -2.11. The summed E-state index contributed by atoms with van der Waals surface area (Å²) in [4.78, 5) is 16.2. The zero-order valence-electron chi connectivity index (χ0n) is 11.6. The number of hydrogen-bond donors (Lipinski definition) is 0. The molecule has 1 aliphatic carbocycles. The maximum atomic E-state index is 11.9. The second-order valence-corrected chi connectivity index (χ2v) is 6.02. The van der Waals surface area contributed by atoms with Crippen LogP contribution in [0.4, 0.5) is 0 Å². The lowest BCUT2D eigenvalue weighted by molar-refractivity contribution is 0.0598. The Labute approximate surface area is 138 Å². The highest BCUT2D eigenvalue weighted by molar-refractivity contribution is 14.2. The second-order valence-electron chi connectivity index (χ2n) is 4.26. The van der Waals surface area contributed by atoms with E-state index in [0.717, 1.165) is 17.0 Å². The molecule has 0 bridgehead atoms. The van der Waals surface area contributed by atoms with Crippen molar-refractivity contribution in [2.45, 2.75) is 12.5 Å². The van der Waals surface area contributed by atoms with Crippen LogP contribution in [-0.2, 0) is 20.6 Å². The van der Waals surface area contributed by atoms with E-state index in [4.69, 9.17) is 14.0 Å². The Morgan fingerprint density at radius 2 is 2.29 bits per heavy atom. The van der Waals surface area contributed by atoms with Gasteiger partial charge < -0.3 is 14.0 Å². The number of halogens is 1. The first-order valence-corrected chi connectivity index (χ1v) is 10.2. The molecule has 0 saturated carbocycles. The van der Waals surface area contributed by atoms with Gasteiger partial charge in [-0.05, 0) is 39.7 Å². The van der Waals surface area contributed by atoms with Gasteiger partial charge in [-0.1, -0.05) is 12.2 Å². The fourth-order valence-electron chi connectivity index (χ4n) is 2.15. The first-order valence-electron chi connectivity index (χ1n) is 6.18. The first kappa shape index (κ1) is 16.4. The van der Waals surface area contributed by atoms with Crippen LogP contribution in [0.2, 0.25) is 0 Å². The van der Waals surface area contributed by atoms with E-state index < -0.39 is 5.97 Å². The molecule has 112 valence electrons. The lowest BCUT2D eigenvalue weighted by Gasteiger charge is -2.17. The molecule has 2 rings (SSSR count). The smallest absolute Gasteiger partial charge is 0.339 e. The molecule has 2 unspecified atom stereocenters. The normalized spacial score (nSPS) is 17.3. The third-order valence-electron chi connectivity index (χ3n) is 3.11. The van der Waals surface area contributed by atoms with Crippen LogP contribution in [0.25, 0.3) is 0 Å². The highest BCUT2D eigenvalue weighted by atomic mass is 127. The van der Waals surface area contributed by atoms with E-state index in [1.165, 1.54) is 13.3 Å². The van der Waals surface area contributed by atoms with Crippen molar-refractivity contribution in [1.29, 1.82) is 0 Å². The van der Waals surface area contributed by atoms with Gasteiger partial charge in [0.1, 0.15) is 5.76 Å². The van der Waals surface area contributed by atoms with Crippen molar-refractivity contribution in [3.8, 4) is 0 Å². The third-order valence-corrected chi connectivity index (χ3v) is 4.30. The van der Waals surface area contributed by atoms with E-state index in [0.29, 0.717) is 18.6 Å². The molecule has 21 heavy (non-hydrogen) atoms. The summed E-state index contributed by atoms with van der Waals surface area (Å²) in [6.07, 6.45) is 7.31. The van der Waals surface area contributed by atoms with Gasteiger partial charge in [0.25, 0.3) is 0 Å². The van der Waals surface area contributed by atoms with Gasteiger partial charge in [0.2, 0.25) is 0 Å². The summed E-state index contributed by atoms with van der Waals surface area (Å²) >= 11 is 2.16. The van der Waals surface area contributed by atoms with Gasteiger partial charge in [0.05, 0.1) is 44.5 Å². The fraction of sp³-hybridized carbons (Fsp3) is 0.286. The average molecular weight is 419 g/mol. The van der Waals surface area contributed by atoms with Crippen LogP contribution in [0.15, 0.2) is 36.3 Å². The monoisotopic (exact) mass is 419 g/mol. The number of carbonyl (C=O) groups excluding carboxylic acids is 1. The SMILES string of the molecule is COC(=O)c1cnc(COPI)cc1C1C=CC=C1OC. The topological polar surface area (TPSA) is 57.7 Å². The van der Waals surface area contributed by atoms with Crippen molar-refractivity contribution in [3.05, 3.63) is 53.1 Å². The number of rotatable bonds is 6. The fourth-order valence-corrected chi connectivity index (χ4v) is 2.82. The van der Waals surface area contributed by atoms with Gasteiger partial charge in [-0.25, -0.2) is 4.79 Å². The summed E-state index contributed by atoms with van der Waals surface area (Å²) in [6.45, 7) is 0.779. The summed E-state index contributed by atoms with van der Waals surface area (Å²) in [5.41, 5.74) is 2.03. The Kier molecular flexibility index (Phi) is 6.14. The maximum absolute atomic E-state index is 11.9. The number of pyridine rings is 1. The lowest BCUT2D eigenvalue weighted by atomic mass is 9.94. The predicted molar refractivity (Wildman–Crippen MR) is 89.7 cm³/mol. The number of carbonyl (C=O) groups is 1. The zero-order chi connectivity index (χ0) is 15.2. The van der Waals surface area contributed by atoms with Crippen LogP contribution in [0.3, 0.4) is 0 Å². The molecule has 0 amide bonds. The molecule has 0 radical (unpaired) electrons. The predicted octanol–water partition coefficient (Wildman–Crippen LogP) is 3.51. The minimum atomic E-state index is -0.406. The van der Waals surface area contributed by atoms with Crippen LogP contribution in [0.5, 0.6) is 0 Å². The zero-order valence-corrected chi connectivity index (χ0v) is 14.8. The standard InChI is InChI=1S/C14H15INO4P/c1-18-13-5-3-4-10(13)11-6-9(8-20-21-15)16-7-12(11)14(17)19-2/h3-7,10,21H,8H2,1-2H3.